The van der Waals surface area contributed by atoms with E-state index in [0.717, 1.165) is 31.4 Å². The van der Waals surface area contributed by atoms with Crippen LogP contribution in [0.2, 0.25) is 0 Å². The summed E-state index contributed by atoms with van der Waals surface area (Å²) >= 11 is 0. The van der Waals surface area contributed by atoms with Crippen LogP contribution in [-0.4, -0.2) is 26.1 Å². The third-order valence-electron chi connectivity index (χ3n) is 3.66. The van der Waals surface area contributed by atoms with E-state index in [2.05, 4.69) is 47.7 Å². The Morgan fingerprint density at radius 2 is 2.05 bits per heavy atom. The van der Waals surface area contributed by atoms with E-state index in [1.165, 1.54) is 29.5 Å². The average molecular weight is 259 g/mol. The molecule has 0 saturated heterocycles. The minimum absolute atomic E-state index is 0.873. The number of hydrogen-bond donors (Lipinski definition) is 2. The first-order valence-corrected chi connectivity index (χ1v) is 7.19. The SMILES string of the molecule is CN=C(NCCc1ccc(C)cc1C)NCC1CC1. The van der Waals surface area contributed by atoms with Crippen LogP contribution in [0.25, 0.3) is 0 Å². The van der Waals surface area contributed by atoms with Crippen LogP contribution in [0.15, 0.2) is 23.2 Å². The molecule has 0 bridgehead atoms. The molecule has 0 heterocycles. The summed E-state index contributed by atoms with van der Waals surface area (Å²) in [5.41, 5.74) is 4.12. The lowest BCUT2D eigenvalue weighted by molar-refractivity contribution is 0.734. The minimum atomic E-state index is 0.873. The van der Waals surface area contributed by atoms with Gasteiger partial charge < -0.3 is 10.6 Å². The zero-order valence-electron chi connectivity index (χ0n) is 12.3. The lowest BCUT2D eigenvalue weighted by Gasteiger charge is -2.12. The predicted molar refractivity (Wildman–Crippen MR) is 81.7 cm³/mol. The highest BCUT2D eigenvalue weighted by Gasteiger charge is 2.20. The van der Waals surface area contributed by atoms with E-state index < -0.39 is 0 Å². The van der Waals surface area contributed by atoms with Crippen LogP contribution in [0.5, 0.6) is 0 Å². The van der Waals surface area contributed by atoms with Crippen LogP contribution >= 0.6 is 0 Å². The molecule has 19 heavy (non-hydrogen) atoms. The van der Waals surface area contributed by atoms with E-state index >= 15 is 0 Å². The Kier molecular flexibility index (Phi) is 4.83. The van der Waals surface area contributed by atoms with Gasteiger partial charge in [-0.1, -0.05) is 23.8 Å². The van der Waals surface area contributed by atoms with Gasteiger partial charge in [-0.25, -0.2) is 0 Å². The van der Waals surface area contributed by atoms with Gasteiger partial charge in [0.2, 0.25) is 0 Å². The predicted octanol–water partition coefficient (Wildman–Crippen LogP) is 2.42. The summed E-state index contributed by atoms with van der Waals surface area (Å²) in [6.07, 6.45) is 3.77. The molecule has 1 aromatic rings. The van der Waals surface area contributed by atoms with Crippen molar-refractivity contribution in [1.82, 2.24) is 10.6 Å². The summed E-state index contributed by atoms with van der Waals surface area (Å²) in [7, 11) is 1.83. The Morgan fingerprint density at radius 3 is 2.68 bits per heavy atom. The summed E-state index contributed by atoms with van der Waals surface area (Å²) in [4.78, 5) is 4.25. The molecule has 0 aromatic heterocycles. The molecule has 104 valence electrons. The number of nitrogens with one attached hydrogen (secondary N) is 2. The lowest BCUT2D eigenvalue weighted by Crippen LogP contribution is -2.39. The zero-order chi connectivity index (χ0) is 13.7. The number of nitrogens with zero attached hydrogens (tertiary/aromatic N) is 1. The molecule has 1 aliphatic carbocycles. The van der Waals surface area contributed by atoms with Crippen LogP contribution in [0.1, 0.15) is 29.5 Å². The van der Waals surface area contributed by atoms with Crippen molar-refractivity contribution in [1.29, 1.82) is 0 Å². The van der Waals surface area contributed by atoms with Gasteiger partial charge in [-0.3, -0.25) is 4.99 Å². The number of rotatable bonds is 5. The van der Waals surface area contributed by atoms with Crippen LogP contribution in [-0.2, 0) is 6.42 Å². The first-order valence-electron chi connectivity index (χ1n) is 7.19. The maximum absolute atomic E-state index is 4.25. The number of aliphatic imine (C=N–C) groups is 1. The molecule has 1 saturated carbocycles. The number of aryl methyl sites for hydroxylation is 2. The van der Waals surface area contributed by atoms with Gasteiger partial charge >= 0.3 is 0 Å². The van der Waals surface area contributed by atoms with Crippen LogP contribution in [0.3, 0.4) is 0 Å². The Morgan fingerprint density at radius 1 is 1.26 bits per heavy atom. The first-order chi connectivity index (χ1) is 9.19. The lowest BCUT2D eigenvalue weighted by atomic mass is 10.0. The second-order valence-electron chi connectivity index (χ2n) is 5.50. The number of guanidine groups is 1. The number of hydrogen-bond acceptors (Lipinski definition) is 1. The molecule has 0 radical (unpaired) electrons. The summed E-state index contributed by atoms with van der Waals surface area (Å²) in [6.45, 7) is 6.30. The molecule has 2 N–H and O–H groups in total. The molecule has 0 spiro atoms. The molecule has 0 aliphatic heterocycles. The zero-order valence-corrected chi connectivity index (χ0v) is 12.3. The van der Waals surface area contributed by atoms with Crippen molar-refractivity contribution < 1.29 is 0 Å². The van der Waals surface area contributed by atoms with Crippen molar-refractivity contribution in [3.8, 4) is 0 Å². The largest absolute Gasteiger partial charge is 0.356 e. The van der Waals surface area contributed by atoms with E-state index in [0.29, 0.717) is 0 Å². The Hall–Kier alpha value is -1.51. The maximum Gasteiger partial charge on any atom is 0.190 e. The highest BCUT2D eigenvalue weighted by atomic mass is 15.2. The molecular formula is C16H25N3. The monoisotopic (exact) mass is 259 g/mol. The molecule has 1 aromatic carbocycles. The van der Waals surface area contributed by atoms with E-state index in [1.54, 1.807) is 0 Å². The molecule has 0 unspecified atom stereocenters. The van der Waals surface area contributed by atoms with E-state index in [4.69, 9.17) is 0 Å². The molecule has 0 amide bonds. The summed E-state index contributed by atoms with van der Waals surface area (Å²) in [5.74, 6) is 1.80. The van der Waals surface area contributed by atoms with E-state index in [9.17, 15) is 0 Å². The van der Waals surface area contributed by atoms with Gasteiger partial charge in [0.05, 0.1) is 0 Å². The summed E-state index contributed by atoms with van der Waals surface area (Å²) < 4.78 is 0. The topological polar surface area (TPSA) is 36.4 Å². The fourth-order valence-corrected chi connectivity index (χ4v) is 2.23. The van der Waals surface area contributed by atoms with Gasteiger partial charge in [-0.05, 0) is 50.2 Å². The van der Waals surface area contributed by atoms with Crippen LogP contribution in [0.4, 0.5) is 0 Å². The van der Waals surface area contributed by atoms with Gasteiger partial charge in [0.15, 0.2) is 5.96 Å². The quantitative estimate of drug-likeness (QED) is 0.629. The third-order valence-corrected chi connectivity index (χ3v) is 3.66. The summed E-state index contributed by atoms with van der Waals surface area (Å²) in [6, 6.07) is 6.66. The summed E-state index contributed by atoms with van der Waals surface area (Å²) in [5, 5.41) is 6.76. The van der Waals surface area contributed by atoms with Crippen molar-refractivity contribution in [2.24, 2.45) is 10.9 Å². The molecule has 1 aliphatic rings. The number of benzene rings is 1. The Labute approximate surface area is 116 Å². The van der Waals surface area contributed by atoms with Gasteiger partial charge in [-0.15, -0.1) is 0 Å². The van der Waals surface area contributed by atoms with Crippen LogP contribution < -0.4 is 10.6 Å². The van der Waals surface area contributed by atoms with E-state index in [-0.39, 0.29) is 0 Å². The normalized spacial score (nSPS) is 15.4. The third kappa shape index (κ3) is 4.58. The maximum atomic E-state index is 4.25. The fourth-order valence-electron chi connectivity index (χ4n) is 2.23. The second-order valence-corrected chi connectivity index (χ2v) is 5.50. The molecule has 3 heteroatoms. The van der Waals surface area contributed by atoms with Crippen molar-refractivity contribution >= 4 is 5.96 Å². The van der Waals surface area contributed by atoms with Gasteiger partial charge in [0.1, 0.15) is 0 Å². The second kappa shape index (κ2) is 6.60. The van der Waals surface area contributed by atoms with Gasteiger partial charge in [0.25, 0.3) is 0 Å². The van der Waals surface area contributed by atoms with Crippen LogP contribution in [0, 0.1) is 19.8 Å². The van der Waals surface area contributed by atoms with Crippen molar-refractivity contribution in [3.63, 3.8) is 0 Å². The van der Waals surface area contributed by atoms with Gasteiger partial charge in [0, 0.05) is 20.1 Å². The molecule has 1 fully saturated rings. The Balaban J connectivity index is 1.74. The smallest absolute Gasteiger partial charge is 0.190 e. The van der Waals surface area contributed by atoms with Crippen molar-refractivity contribution in [3.05, 3.63) is 34.9 Å². The minimum Gasteiger partial charge on any atom is -0.356 e. The van der Waals surface area contributed by atoms with E-state index in [1.807, 2.05) is 7.05 Å². The Bertz CT molecular complexity index is 447. The highest BCUT2D eigenvalue weighted by molar-refractivity contribution is 5.79. The fraction of sp³-hybridized carbons (Fsp3) is 0.562. The molecular weight excluding hydrogens is 234 g/mol. The van der Waals surface area contributed by atoms with Gasteiger partial charge in [-0.2, -0.15) is 0 Å². The van der Waals surface area contributed by atoms with Crippen molar-refractivity contribution in [2.45, 2.75) is 33.1 Å². The van der Waals surface area contributed by atoms with Crippen molar-refractivity contribution in [2.75, 3.05) is 20.1 Å². The molecule has 3 nitrogen and oxygen atoms in total. The molecule has 2 rings (SSSR count). The average Bonchev–Trinajstić information content (AvgIpc) is 3.20. The molecule has 0 atom stereocenters. The highest BCUT2D eigenvalue weighted by Crippen LogP contribution is 2.27. The standard InChI is InChI=1S/C16H25N3/c1-12-4-7-15(13(2)10-12)8-9-18-16(17-3)19-11-14-5-6-14/h4,7,10,14H,5-6,8-9,11H2,1-3H3,(H2,17,18,19). The first kappa shape index (κ1) is 13.9.